The number of fused-ring (bicyclic) bond motifs is 1. The number of carbonyl (C=O) groups is 2. The number of hydrogen-bond acceptors (Lipinski definition) is 3. The molecular weight excluding hydrogens is 412 g/mol. The lowest BCUT2D eigenvalue weighted by atomic mass is 9.94. The summed E-state index contributed by atoms with van der Waals surface area (Å²) in [4.78, 5) is 29.7. The fourth-order valence-corrected chi connectivity index (χ4v) is 4.28. The van der Waals surface area contributed by atoms with Crippen LogP contribution in [0, 0.1) is 6.92 Å². The van der Waals surface area contributed by atoms with Crippen LogP contribution >= 0.6 is 0 Å². The fourth-order valence-electron chi connectivity index (χ4n) is 4.28. The number of amides is 2. The van der Waals surface area contributed by atoms with Gasteiger partial charge in [-0.05, 0) is 67.7 Å². The third kappa shape index (κ3) is 5.71. The molecule has 1 aliphatic rings. The van der Waals surface area contributed by atoms with Crippen molar-refractivity contribution in [1.82, 2.24) is 9.88 Å². The molecule has 2 aromatic carbocycles. The minimum absolute atomic E-state index is 0.131. The Morgan fingerprint density at radius 3 is 2.55 bits per heavy atom. The Morgan fingerprint density at radius 1 is 1.06 bits per heavy atom. The van der Waals surface area contributed by atoms with Crippen LogP contribution in [0.25, 0.3) is 22.0 Å². The summed E-state index contributed by atoms with van der Waals surface area (Å²) in [5.41, 5.74) is 10.4. The zero-order valence-corrected chi connectivity index (χ0v) is 19.8. The molecule has 6 heteroatoms. The number of aromatic nitrogens is 1. The van der Waals surface area contributed by atoms with Crippen molar-refractivity contribution in [2.75, 3.05) is 25.0 Å². The van der Waals surface area contributed by atoms with Crippen molar-refractivity contribution in [3.8, 4) is 11.1 Å². The van der Waals surface area contributed by atoms with Gasteiger partial charge in [0.15, 0.2) is 0 Å². The minimum atomic E-state index is -0.465. The molecule has 174 valence electrons. The highest BCUT2D eigenvalue weighted by molar-refractivity contribution is 6.09. The second-order valence-corrected chi connectivity index (χ2v) is 8.02. The topological polar surface area (TPSA) is 91.2 Å². The summed E-state index contributed by atoms with van der Waals surface area (Å²) in [7, 11) is 0. The van der Waals surface area contributed by atoms with Crippen molar-refractivity contribution >= 4 is 28.4 Å². The summed E-state index contributed by atoms with van der Waals surface area (Å²) in [6.07, 6.45) is 9.13. The smallest absolute Gasteiger partial charge is 0.250 e. The first-order valence-corrected chi connectivity index (χ1v) is 11.7. The summed E-state index contributed by atoms with van der Waals surface area (Å²) in [5, 5.41) is 3.92. The number of likely N-dealkylation sites (tertiary alicyclic amines) is 1. The number of benzene rings is 2. The second-order valence-electron chi connectivity index (χ2n) is 8.02. The predicted octanol–water partition coefficient (Wildman–Crippen LogP) is 5.25. The normalized spacial score (nSPS) is 14.2. The predicted molar refractivity (Wildman–Crippen MR) is 136 cm³/mol. The Balaban J connectivity index is 0.00000149. The van der Waals surface area contributed by atoms with E-state index in [1.54, 1.807) is 18.3 Å². The molecular formula is C27H34N4O2. The Hall–Kier alpha value is -3.38. The first kappa shape index (κ1) is 24.3. The lowest BCUT2D eigenvalue weighted by molar-refractivity contribution is -0.111. The highest BCUT2D eigenvalue weighted by atomic mass is 16.1. The van der Waals surface area contributed by atoms with Gasteiger partial charge in [-0.15, -0.1) is 0 Å². The largest absolute Gasteiger partial charge is 0.366 e. The quantitative estimate of drug-likeness (QED) is 0.452. The Labute approximate surface area is 195 Å². The summed E-state index contributed by atoms with van der Waals surface area (Å²) >= 11 is 0. The molecule has 1 fully saturated rings. The van der Waals surface area contributed by atoms with Crippen LogP contribution in [0.2, 0.25) is 0 Å². The van der Waals surface area contributed by atoms with E-state index in [-0.39, 0.29) is 5.91 Å². The maximum atomic E-state index is 12.5. The van der Waals surface area contributed by atoms with E-state index in [9.17, 15) is 9.59 Å². The van der Waals surface area contributed by atoms with Crippen molar-refractivity contribution in [2.45, 2.75) is 40.0 Å². The molecule has 6 nitrogen and oxygen atoms in total. The van der Waals surface area contributed by atoms with Crippen molar-refractivity contribution in [2.24, 2.45) is 5.73 Å². The van der Waals surface area contributed by atoms with Crippen molar-refractivity contribution in [1.29, 1.82) is 0 Å². The molecule has 1 aliphatic heterocycles. The van der Waals surface area contributed by atoms with Gasteiger partial charge < -0.3 is 16.0 Å². The molecule has 0 unspecified atom stereocenters. The van der Waals surface area contributed by atoms with Crippen LogP contribution in [0.1, 0.15) is 49.0 Å². The van der Waals surface area contributed by atoms with E-state index in [0.29, 0.717) is 5.56 Å². The molecule has 33 heavy (non-hydrogen) atoms. The molecule has 4 N–H and O–H groups in total. The number of piperidine rings is 1. The monoisotopic (exact) mass is 446 g/mol. The first-order chi connectivity index (χ1) is 16.0. The maximum Gasteiger partial charge on any atom is 0.250 e. The molecule has 0 spiro atoms. The van der Waals surface area contributed by atoms with E-state index < -0.39 is 5.91 Å². The number of anilines is 1. The number of hydrogen-bond donors (Lipinski definition) is 3. The van der Waals surface area contributed by atoms with Gasteiger partial charge >= 0.3 is 0 Å². The van der Waals surface area contributed by atoms with Crippen LogP contribution in [0.5, 0.6) is 0 Å². The molecule has 2 heterocycles. The zero-order chi connectivity index (χ0) is 23.8. The average Bonchev–Trinajstić information content (AvgIpc) is 3.32. The van der Waals surface area contributed by atoms with E-state index in [0.717, 1.165) is 52.9 Å². The van der Waals surface area contributed by atoms with Gasteiger partial charge in [-0.1, -0.05) is 44.5 Å². The number of nitrogens with zero attached hydrogens (tertiary/aromatic N) is 1. The molecule has 1 aromatic heterocycles. The third-order valence-corrected chi connectivity index (χ3v) is 5.95. The van der Waals surface area contributed by atoms with Gasteiger partial charge in [-0.2, -0.15) is 0 Å². The van der Waals surface area contributed by atoms with E-state index in [4.69, 9.17) is 5.73 Å². The summed E-state index contributed by atoms with van der Waals surface area (Å²) in [5.74, 6) is -0.596. The van der Waals surface area contributed by atoms with Gasteiger partial charge in [-0.3, -0.25) is 14.5 Å². The Bertz CT molecular complexity index is 1140. The van der Waals surface area contributed by atoms with Crippen LogP contribution in [0.15, 0.2) is 54.7 Å². The molecule has 1 saturated heterocycles. The number of carbonyl (C=O) groups excluding carboxylic acids is 2. The highest BCUT2D eigenvalue weighted by Gasteiger charge is 2.15. The van der Waals surface area contributed by atoms with E-state index in [1.165, 1.54) is 19.3 Å². The van der Waals surface area contributed by atoms with E-state index in [2.05, 4.69) is 15.2 Å². The molecule has 0 aliphatic carbocycles. The minimum Gasteiger partial charge on any atom is -0.366 e. The SMILES string of the molecule is CC.Cc1c(NC(=O)/C=C/CN2CCCCC2)cccc1-c1ccc(C(N)=O)c2[nH]ccc12. The van der Waals surface area contributed by atoms with Crippen LogP contribution in [-0.2, 0) is 4.79 Å². The van der Waals surface area contributed by atoms with Gasteiger partial charge in [0.1, 0.15) is 0 Å². The Kier molecular flexibility index (Phi) is 8.44. The van der Waals surface area contributed by atoms with E-state index >= 15 is 0 Å². The third-order valence-electron chi connectivity index (χ3n) is 5.95. The summed E-state index contributed by atoms with van der Waals surface area (Å²) < 4.78 is 0. The number of nitrogens with one attached hydrogen (secondary N) is 2. The van der Waals surface area contributed by atoms with Crippen molar-refractivity contribution in [3.63, 3.8) is 0 Å². The van der Waals surface area contributed by atoms with Crippen molar-refractivity contribution < 1.29 is 9.59 Å². The van der Waals surface area contributed by atoms with Gasteiger partial charge in [0.25, 0.3) is 5.91 Å². The van der Waals surface area contributed by atoms with Crippen LogP contribution in [0.3, 0.4) is 0 Å². The van der Waals surface area contributed by atoms with Gasteiger partial charge in [0, 0.05) is 29.9 Å². The number of rotatable bonds is 6. The molecule has 0 bridgehead atoms. The first-order valence-electron chi connectivity index (χ1n) is 11.7. The average molecular weight is 447 g/mol. The Morgan fingerprint density at radius 2 is 1.82 bits per heavy atom. The molecule has 2 amide bonds. The van der Waals surface area contributed by atoms with Gasteiger partial charge in [0.05, 0.1) is 11.1 Å². The number of aromatic amines is 1. The molecule has 0 radical (unpaired) electrons. The molecule has 0 saturated carbocycles. The lowest BCUT2D eigenvalue weighted by Gasteiger charge is -2.24. The fraction of sp³-hybridized carbons (Fsp3) is 0.333. The zero-order valence-electron chi connectivity index (χ0n) is 19.8. The van der Waals surface area contributed by atoms with Crippen LogP contribution < -0.4 is 11.1 Å². The van der Waals surface area contributed by atoms with Gasteiger partial charge in [0.2, 0.25) is 5.91 Å². The molecule has 4 rings (SSSR count). The maximum absolute atomic E-state index is 12.5. The standard InChI is InChI=1S/C25H28N4O2.C2H6/c1-17-18(19-10-11-21(25(26)31)24-20(19)12-13-27-24)7-5-8-22(17)28-23(30)9-6-16-29-14-3-2-4-15-29;1-2/h5-13,27H,2-4,14-16H2,1H3,(H2,26,31)(H,28,30);1-2H3/b9-6+;. The molecule has 3 aromatic rings. The number of primary amides is 1. The second kappa shape index (κ2) is 11.5. The lowest BCUT2D eigenvalue weighted by Crippen LogP contribution is -2.29. The van der Waals surface area contributed by atoms with Crippen molar-refractivity contribution in [3.05, 3.63) is 65.9 Å². The van der Waals surface area contributed by atoms with Crippen LogP contribution in [-0.4, -0.2) is 41.3 Å². The highest BCUT2D eigenvalue weighted by Crippen LogP contribution is 2.34. The number of nitrogens with two attached hydrogens (primary N) is 1. The summed E-state index contributed by atoms with van der Waals surface area (Å²) in [6, 6.07) is 11.4. The van der Waals surface area contributed by atoms with Gasteiger partial charge in [-0.25, -0.2) is 0 Å². The van der Waals surface area contributed by atoms with E-state index in [1.807, 2.05) is 57.2 Å². The molecule has 0 atom stereocenters. The van der Waals surface area contributed by atoms with Crippen LogP contribution in [0.4, 0.5) is 5.69 Å². The summed E-state index contributed by atoms with van der Waals surface area (Å²) in [6.45, 7) is 9.01. The number of H-pyrrole nitrogens is 1.